The minimum atomic E-state index is -0.663. The number of nitrogens with one attached hydrogen (secondary N) is 1. The zero-order valence-corrected chi connectivity index (χ0v) is 10.4. The van der Waals surface area contributed by atoms with E-state index in [9.17, 15) is 9.90 Å². The second kappa shape index (κ2) is 5.83. The van der Waals surface area contributed by atoms with Crippen molar-refractivity contribution in [1.29, 1.82) is 0 Å². The molecular weight excluding hydrogens is 218 g/mol. The summed E-state index contributed by atoms with van der Waals surface area (Å²) in [6.07, 6.45) is 6.83. The van der Waals surface area contributed by atoms with E-state index >= 15 is 0 Å². The summed E-state index contributed by atoms with van der Waals surface area (Å²) in [5, 5.41) is 13.2. The van der Waals surface area contributed by atoms with Gasteiger partial charge < -0.3 is 15.2 Å². The molecule has 0 aromatic carbocycles. The third-order valence-electron chi connectivity index (χ3n) is 3.91. The Kier molecular flexibility index (Phi) is 4.40. The molecule has 0 radical (unpaired) electrons. The van der Waals surface area contributed by atoms with E-state index in [0.29, 0.717) is 13.2 Å². The van der Waals surface area contributed by atoms with Crippen LogP contribution in [0.4, 0.5) is 0 Å². The van der Waals surface area contributed by atoms with E-state index in [0.717, 1.165) is 45.1 Å². The van der Waals surface area contributed by atoms with Crippen molar-refractivity contribution in [2.24, 2.45) is 5.92 Å². The van der Waals surface area contributed by atoms with E-state index in [4.69, 9.17) is 4.74 Å². The Labute approximate surface area is 103 Å². The molecule has 1 unspecified atom stereocenters. The van der Waals surface area contributed by atoms with Gasteiger partial charge in [0, 0.05) is 13.2 Å². The van der Waals surface area contributed by atoms with Crippen molar-refractivity contribution in [2.75, 3.05) is 19.8 Å². The Bertz CT molecular complexity index is 255. The summed E-state index contributed by atoms with van der Waals surface area (Å²) >= 11 is 0. The molecule has 1 amide bonds. The van der Waals surface area contributed by atoms with Gasteiger partial charge in [-0.15, -0.1) is 0 Å². The largest absolute Gasteiger partial charge is 0.388 e. The highest BCUT2D eigenvalue weighted by Crippen LogP contribution is 2.27. The van der Waals surface area contributed by atoms with Crippen molar-refractivity contribution in [3.05, 3.63) is 0 Å². The number of carbonyl (C=O) groups excluding carboxylic acids is 1. The standard InChI is InChI=1S/C13H23NO3/c15-12(11-5-4-8-17-9-11)14-10-13(16)6-2-1-3-7-13/h11,16H,1-10H2,(H,14,15). The van der Waals surface area contributed by atoms with Gasteiger partial charge >= 0.3 is 0 Å². The van der Waals surface area contributed by atoms with E-state index in [-0.39, 0.29) is 11.8 Å². The lowest BCUT2D eigenvalue weighted by atomic mass is 9.85. The van der Waals surface area contributed by atoms with Gasteiger partial charge in [-0.25, -0.2) is 0 Å². The van der Waals surface area contributed by atoms with Gasteiger partial charge in [0.1, 0.15) is 0 Å². The van der Waals surface area contributed by atoms with E-state index in [2.05, 4.69) is 5.32 Å². The van der Waals surface area contributed by atoms with Crippen LogP contribution >= 0.6 is 0 Å². The minimum absolute atomic E-state index is 0.0176. The first-order chi connectivity index (χ1) is 8.20. The van der Waals surface area contributed by atoms with E-state index in [1.165, 1.54) is 6.42 Å². The van der Waals surface area contributed by atoms with Crippen LogP contribution in [0.15, 0.2) is 0 Å². The lowest BCUT2D eigenvalue weighted by Crippen LogP contribution is -2.46. The molecule has 1 aliphatic carbocycles. The third-order valence-corrected chi connectivity index (χ3v) is 3.91. The molecule has 1 saturated carbocycles. The van der Waals surface area contributed by atoms with Crippen LogP contribution in [0.1, 0.15) is 44.9 Å². The quantitative estimate of drug-likeness (QED) is 0.781. The van der Waals surface area contributed by atoms with Crippen molar-refractivity contribution in [2.45, 2.75) is 50.5 Å². The van der Waals surface area contributed by atoms with Crippen LogP contribution in [0.5, 0.6) is 0 Å². The predicted molar refractivity (Wildman–Crippen MR) is 64.6 cm³/mol. The van der Waals surface area contributed by atoms with Crippen LogP contribution in [-0.4, -0.2) is 36.4 Å². The summed E-state index contributed by atoms with van der Waals surface area (Å²) in [5.41, 5.74) is -0.663. The van der Waals surface area contributed by atoms with Crippen LogP contribution in [0, 0.1) is 5.92 Å². The van der Waals surface area contributed by atoms with Crippen molar-refractivity contribution >= 4 is 5.91 Å². The van der Waals surface area contributed by atoms with Crippen molar-refractivity contribution in [1.82, 2.24) is 5.32 Å². The number of hydrogen-bond acceptors (Lipinski definition) is 3. The molecule has 1 heterocycles. The van der Waals surface area contributed by atoms with Crippen molar-refractivity contribution < 1.29 is 14.6 Å². The topological polar surface area (TPSA) is 58.6 Å². The number of rotatable bonds is 3. The summed E-state index contributed by atoms with van der Waals surface area (Å²) in [6, 6.07) is 0. The molecule has 2 N–H and O–H groups in total. The molecule has 0 spiro atoms. The Balaban J connectivity index is 1.74. The summed E-state index contributed by atoms with van der Waals surface area (Å²) in [7, 11) is 0. The predicted octanol–water partition coefficient (Wildman–Crippen LogP) is 1.22. The number of aliphatic hydroxyl groups is 1. The van der Waals surface area contributed by atoms with Gasteiger partial charge in [-0.2, -0.15) is 0 Å². The summed E-state index contributed by atoms with van der Waals surface area (Å²) < 4.78 is 5.30. The maximum absolute atomic E-state index is 11.9. The molecule has 17 heavy (non-hydrogen) atoms. The Hall–Kier alpha value is -0.610. The molecule has 2 rings (SSSR count). The second-order valence-electron chi connectivity index (χ2n) is 5.42. The molecule has 98 valence electrons. The monoisotopic (exact) mass is 241 g/mol. The van der Waals surface area contributed by atoms with Crippen LogP contribution in [-0.2, 0) is 9.53 Å². The van der Waals surface area contributed by atoms with Gasteiger partial charge in [0.05, 0.1) is 18.1 Å². The van der Waals surface area contributed by atoms with Crippen molar-refractivity contribution in [3.8, 4) is 0 Å². The SMILES string of the molecule is O=C(NCC1(O)CCCCC1)C1CCCOC1. The number of hydrogen-bond donors (Lipinski definition) is 2. The molecule has 1 aliphatic heterocycles. The number of ether oxygens (including phenoxy) is 1. The normalized spacial score (nSPS) is 28.6. The van der Waals surface area contributed by atoms with Gasteiger partial charge in [-0.05, 0) is 25.7 Å². The van der Waals surface area contributed by atoms with E-state index in [1.54, 1.807) is 0 Å². The first-order valence-corrected chi connectivity index (χ1v) is 6.77. The second-order valence-corrected chi connectivity index (χ2v) is 5.42. The molecule has 1 saturated heterocycles. The molecule has 0 aromatic heterocycles. The van der Waals surface area contributed by atoms with Gasteiger partial charge in [0.25, 0.3) is 0 Å². The molecule has 4 heteroatoms. The highest BCUT2D eigenvalue weighted by molar-refractivity contribution is 5.78. The lowest BCUT2D eigenvalue weighted by molar-refractivity contribution is -0.130. The smallest absolute Gasteiger partial charge is 0.225 e. The first kappa shape index (κ1) is 12.8. The van der Waals surface area contributed by atoms with E-state index < -0.39 is 5.60 Å². The van der Waals surface area contributed by atoms with Gasteiger partial charge in [0.15, 0.2) is 0 Å². The zero-order chi connectivity index (χ0) is 12.1. The molecule has 1 atom stereocenters. The Morgan fingerprint density at radius 2 is 2.06 bits per heavy atom. The number of amides is 1. The third kappa shape index (κ3) is 3.68. The van der Waals surface area contributed by atoms with E-state index in [1.807, 2.05) is 0 Å². The molecule has 4 nitrogen and oxygen atoms in total. The lowest BCUT2D eigenvalue weighted by Gasteiger charge is -2.33. The summed E-state index contributed by atoms with van der Waals surface area (Å²) in [5.74, 6) is 0.0274. The molecule has 2 aliphatic rings. The molecule has 0 bridgehead atoms. The van der Waals surface area contributed by atoms with Crippen LogP contribution in [0.2, 0.25) is 0 Å². The van der Waals surface area contributed by atoms with Crippen LogP contribution < -0.4 is 5.32 Å². The summed E-state index contributed by atoms with van der Waals surface area (Å²) in [6.45, 7) is 1.71. The fraction of sp³-hybridized carbons (Fsp3) is 0.923. The first-order valence-electron chi connectivity index (χ1n) is 6.77. The molecule has 0 aromatic rings. The van der Waals surface area contributed by atoms with Gasteiger partial charge in [-0.3, -0.25) is 4.79 Å². The molecule has 2 fully saturated rings. The average molecular weight is 241 g/mol. The van der Waals surface area contributed by atoms with Crippen LogP contribution in [0.3, 0.4) is 0 Å². The fourth-order valence-electron chi connectivity index (χ4n) is 2.73. The van der Waals surface area contributed by atoms with Crippen molar-refractivity contribution in [3.63, 3.8) is 0 Å². The highest BCUT2D eigenvalue weighted by Gasteiger charge is 2.30. The van der Waals surface area contributed by atoms with Gasteiger partial charge in [-0.1, -0.05) is 19.3 Å². The summed E-state index contributed by atoms with van der Waals surface area (Å²) in [4.78, 5) is 11.9. The maximum Gasteiger partial charge on any atom is 0.225 e. The Morgan fingerprint density at radius 1 is 1.29 bits per heavy atom. The zero-order valence-electron chi connectivity index (χ0n) is 10.4. The maximum atomic E-state index is 11.9. The van der Waals surface area contributed by atoms with Gasteiger partial charge in [0.2, 0.25) is 5.91 Å². The number of carbonyl (C=O) groups is 1. The molecular formula is C13H23NO3. The minimum Gasteiger partial charge on any atom is -0.388 e. The average Bonchev–Trinajstić information content (AvgIpc) is 2.38. The Morgan fingerprint density at radius 3 is 2.71 bits per heavy atom. The van der Waals surface area contributed by atoms with Crippen LogP contribution in [0.25, 0.3) is 0 Å². The fourth-order valence-corrected chi connectivity index (χ4v) is 2.73. The highest BCUT2D eigenvalue weighted by atomic mass is 16.5.